The summed E-state index contributed by atoms with van der Waals surface area (Å²) in [5, 5.41) is 2.94. The van der Waals surface area contributed by atoms with Crippen LogP contribution in [-0.2, 0) is 6.42 Å². The number of para-hydroxylation sites is 1. The van der Waals surface area contributed by atoms with Crippen LogP contribution >= 0.6 is 11.3 Å². The molecule has 0 saturated carbocycles. The minimum Gasteiger partial charge on any atom is -0.493 e. The number of rotatable bonds is 4. The number of ether oxygens (including phenoxy) is 2. The van der Waals surface area contributed by atoms with Gasteiger partial charge in [-0.05, 0) is 60.2 Å². The zero-order valence-electron chi connectivity index (χ0n) is 18.3. The van der Waals surface area contributed by atoms with Gasteiger partial charge in [0, 0.05) is 22.5 Å². The van der Waals surface area contributed by atoms with Crippen LogP contribution in [0, 0.1) is 6.92 Å². The van der Waals surface area contributed by atoms with Gasteiger partial charge in [0.1, 0.15) is 0 Å². The van der Waals surface area contributed by atoms with Crippen molar-refractivity contribution >= 4 is 28.1 Å². The smallest absolute Gasteiger partial charge is 0.255 e. The lowest BCUT2D eigenvalue weighted by Gasteiger charge is -2.37. The average molecular weight is 445 g/mol. The lowest BCUT2D eigenvalue weighted by atomic mass is 9.90. The predicted molar refractivity (Wildman–Crippen MR) is 127 cm³/mol. The molecule has 32 heavy (non-hydrogen) atoms. The fourth-order valence-corrected chi connectivity index (χ4v) is 5.41. The highest BCUT2D eigenvalue weighted by Crippen LogP contribution is 2.43. The quantitative estimate of drug-likeness (QED) is 0.422. The topological polar surface area (TPSA) is 51.7 Å². The molecule has 4 aromatic rings. The van der Waals surface area contributed by atoms with E-state index in [2.05, 4.69) is 16.4 Å². The van der Waals surface area contributed by atoms with E-state index in [1.165, 1.54) is 5.56 Å². The van der Waals surface area contributed by atoms with E-state index in [4.69, 9.17) is 9.47 Å². The summed E-state index contributed by atoms with van der Waals surface area (Å²) in [5.41, 5.74) is 4.63. The number of carbonyl (C=O) groups is 1. The van der Waals surface area contributed by atoms with E-state index < -0.39 is 0 Å². The van der Waals surface area contributed by atoms with Crippen LogP contribution in [0.2, 0.25) is 0 Å². The largest absolute Gasteiger partial charge is 0.493 e. The Morgan fingerprint density at radius 3 is 2.59 bits per heavy atom. The Morgan fingerprint density at radius 1 is 1.06 bits per heavy atom. The Labute approximate surface area is 191 Å². The van der Waals surface area contributed by atoms with Crippen LogP contribution in [0.4, 0.5) is 0 Å². The first-order valence-corrected chi connectivity index (χ1v) is 11.4. The van der Waals surface area contributed by atoms with Gasteiger partial charge in [-0.15, -0.1) is 11.3 Å². The van der Waals surface area contributed by atoms with Crippen molar-refractivity contribution in [3.8, 4) is 11.5 Å². The van der Waals surface area contributed by atoms with Crippen LogP contribution in [0.25, 0.3) is 10.9 Å². The Morgan fingerprint density at radius 2 is 1.84 bits per heavy atom. The summed E-state index contributed by atoms with van der Waals surface area (Å²) < 4.78 is 11.1. The van der Waals surface area contributed by atoms with Crippen LogP contribution in [0.1, 0.15) is 38.1 Å². The van der Waals surface area contributed by atoms with Crippen molar-refractivity contribution in [2.24, 2.45) is 0 Å². The van der Waals surface area contributed by atoms with Gasteiger partial charge >= 0.3 is 0 Å². The van der Waals surface area contributed by atoms with Gasteiger partial charge in [0.25, 0.3) is 5.91 Å². The third-order valence-electron chi connectivity index (χ3n) is 6.02. The molecule has 1 unspecified atom stereocenters. The number of hydrogen-bond donors (Lipinski definition) is 0. The summed E-state index contributed by atoms with van der Waals surface area (Å²) in [6.45, 7) is 2.56. The number of methoxy groups -OCH3 is 2. The van der Waals surface area contributed by atoms with Crippen molar-refractivity contribution in [1.29, 1.82) is 0 Å². The first-order chi connectivity index (χ1) is 15.6. The van der Waals surface area contributed by atoms with E-state index in [1.807, 2.05) is 60.4 Å². The number of amides is 1. The lowest BCUT2D eigenvalue weighted by molar-refractivity contribution is 0.0698. The molecule has 1 atom stereocenters. The monoisotopic (exact) mass is 444 g/mol. The summed E-state index contributed by atoms with van der Waals surface area (Å²) in [7, 11) is 3.29. The first kappa shape index (κ1) is 20.5. The fraction of sp³-hybridized carbons (Fsp3) is 0.231. The number of carbonyl (C=O) groups excluding carboxylic acids is 1. The molecule has 1 aliphatic heterocycles. The maximum atomic E-state index is 14.0. The van der Waals surface area contributed by atoms with Gasteiger partial charge in [0.05, 0.1) is 31.3 Å². The molecule has 6 heteroatoms. The second-order valence-electron chi connectivity index (χ2n) is 7.90. The number of thiophene rings is 1. The van der Waals surface area contributed by atoms with Gasteiger partial charge in [-0.2, -0.15) is 0 Å². The molecular weight excluding hydrogens is 420 g/mol. The Hall–Kier alpha value is -3.38. The van der Waals surface area contributed by atoms with Gasteiger partial charge in [-0.1, -0.05) is 24.3 Å². The van der Waals surface area contributed by atoms with Crippen molar-refractivity contribution in [2.75, 3.05) is 20.8 Å². The third-order valence-corrected chi connectivity index (χ3v) is 6.95. The molecule has 5 nitrogen and oxygen atoms in total. The van der Waals surface area contributed by atoms with Gasteiger partial charge in [0.15, 0.2) is 11.5 Å². The SMILES string of the molecule is COc1cc2c(cc1OC)C(c1cccs1)N(C(=O)c1cc(C)nc3ccccc13)CC2. The minimum absolute atomic E-state index is 0.0190. The highest BCUT2D eigenvalue weighted by atomic mass is 32.1. The van der Waals surface area contributed by atoms with Gasteiger partial charge < -0.3 is 14.4 Å². The van der Waals surface area contributed by atoms with Crippen LogP contribution in [0.5, 0.6) is 11.5 Å². The Balaban J connectivity index is 1.66. The lowest BCUT2D eigenvalue weighted by Crippen LogP contribution is -2.40. The van der Waals surface area contributed by atoms with Crippen molar-refractivity contribution in [3.05, 3.63) is 87.2 Å². The molecular formula is C26H24N2O3S. The standard InChI is InChI=1S/C26H24N2O3S/c1-16-13-20(18-7-4-5-8-21(18)27-16)26(29)28-11-10-17-14-22(30-2)23(31-3)15-19(17)25(28)24-9-6-12-32-24/h4-9,12-15,25H,10-11H2,1-3H3. The molecule has 0 fully saturated rings. The first-order valence-electron chi connectivity index (χ1n) is 10.6. The molecule has 3 heterocycles. The number of aryl methyl sites for hydroxylation is 1. The Kier molecular flexibility index (Phi) is 5.31. The number of benzene rings is 2. The van der Waals surface area contributed by atoms with E-state index in [1.54, 1.807) is 25.6 Å². The molecule has 5 rings (SSSR count). The molecule has 1 aliphatic rings. The molecule has 0 spiro atoms. The van der Waals surface area contributed by atoms with E-state index in [9.17, 15) is 4.79 Å². The molecule has 2 aromatic heterocycles. The highest BCUT2D eigenvalue weighted by molar-refractivity contribution is 7.10. The summed E-state index contributed by atoms with van der Waals surface area (Å²) in [6, 6.07) is 17.7. The van der Waals surface area contributed by atoms with Crippen LogP contribution in [0.15, 0.2) is 60.0 Å². The number of fused-ring (bicyclic) bond motifs is 2. The summed E-state index contributed by atoms with van der Waals surface area (Å²) in [4.78, 5) is 21.7. The molecule has 0 bridgehead atoms. The van der Waals surface area contributed by atoms with Crippen LogP contribution in [-0.4, -0.2) is 36.6 Å². The molecule has 0 saturated heterocycles. The van der Waals surface area contributed by atoms with Gasteiger partial charge in [-0.25, -0.2) is 0 Å². The van der Waals surface area contributed by atoms with Crippen molar-refractivity contribution in [2.45, 2.75) is 19.4 Å². The molecule has 0 N–H and O–H groups in total. The Bertz CT molecular complexity index is 1300. The van der Waals surface area contributed by atoms with E-state index in [0.29, 0.717) is 23.6 Å². The van der Waals surface area contributed by atoms with Gasteiger partial charge in [0.2, 0.25) is 0 Å². The summed E-state index contributed by atoms with van der Waals surface area (Å²) in [5.74, 6) is 1.41. The van der Waals surface area contributed by atoms with Crippen molar-refractivity contribution in [1.82, 2.24) is 9.88 Å². The number of aromatic nitrogens is 1. The number of pyridine rings is 1. The van der Waals surface area contributed by atoms with Crippen molar-refractivity contribution < 1.29 is 14.3 Å². The predicted octanol–water partition coefficient (Wildman–Crippen LogP) is 5.41. The van der Waals surface area contributed by atoms with E-state index in [-0.39, 0.29) is 11.9 Å². The van der Waals surface area contributed by atoms with Gasteiger partial charge in [-0.3, -0.25) is 9.78 Å². The van der Waals surface area contributed by atoms with E-state index in [0.717, 1.165) is 33.5 Å². The fourth-order valence-electron chi connectivity index (χ4n) is 4.56. The third kappa shape index (κ3) is 3.41. The second kappa shape index (κ2) is 8.28. The maximum absolute atomic E-state index is 14.0. The number of hydrogen-bond acceptors (Lipinski definition) is 5. The molecule has 0 radical (unpaired) electrons. The average Bonchev–Trinajstić information content (AvgIpc) is 3.35. The zero-order valence-corrected chi connectivity index (χ0v) is 19.1. The molecule has 2 aromatic carbocycles. The molecule has 1 amide bonds. The summed E-state index contributed by atoms with van der Waals surface area (Å²) >= 11 is 1.66. The van der Waals surface area contributed by atoms with Crippen molar-refractivity contribution in [3.63, 3.8) is 0 Å². The van der Waals surface area contributed by atoms with E-state index >= 15 is 0 Å². The second-order valence-corrected chi connectivity index (χ2v) is 8.88. The molecule has 0 aliphatic carbocycles. The maximum Gasteiger partial charge on any atom is 0.255 e. The summed E-state index contributed by atoms with van der Waals surface area (Å²) in [6.07, 6.45) is 0.755. The minimum atomic E-state index is -0.182. The highest BCUT2D eigenvalue weighted by Gasteiger charge is 2.35. The normalized spacial score (nSPS) is 15.5. The number of nitrogens with zero attached hydrogens (tertiary/aromatic N) is 2. The zero-order chi connectivity index (χ0) is 22.2. The molecule has 162 valence electrons. The van der Waals surface area contributed by atoms with Crippen LogP contribution < -0.4 is 9.47 Å². The van der Waals surface area contributed by atoms with Crippen LogP contribution in [0.3, 0.4) is 0 Å².